The third-order valence-corrected chi connectivity index (χ3v) is 5.99. The average Bonchev–Trinajstić information content (AvgIpc) is 3.36. The molecule has 2 bridgehead atoms. The van der Waals surface area contributed by atoms with Crippen LogP contribution >= 0.6 is 0 Å². The lowest BCUT2D eigenvalue weighted by atomic mass is 9.96. The number of nitrogens with zero attached hydrogens (tertiary/aromatic N) is 3. The van der Waals surface area contributed by atoms with Crippen molar-refractivity contribution in [2.24, 2.45) is 5.92 Å². The third kappa shape index (κ3) is 5.34. The normalized spacial score (nSPS) is 29.7. The molecule has 5 atom stereocenters. The Hall–Kier alpha value is -2.34. The van der Waals surface area contributed by atoms with Crippen molar-refractivity contribution in [3.05, 3.63) is 0 Å². The van der Waals surface area contributed by atoms with Gasteiger partial charge in [-0.3, -0.25) is 9.69 Å². The average molecular weight is 450 g/mol. The summed E-state index contributed by atoms with van der Waals surface area (Å²) >= 11 is 0. The molecule has 2 amide bonds. The van der Waals surface area contributed by atoms with Crippen LogP contribution in [0.3, 0.4) is 0 Å². The van der Waals surface area contributed by atoms with Crippen LogP contribution in [0, 0.1) is 17.2 Å². The van der Waals surface area contributed by atoms with Gasteiger partial charge in [0, 0.05) is 6.54 Å². The van der Waals surface area contributed by atoms with Crippen molar-refractivity contribution in [1.82, 2.24) is 9.80 Å². The monoisotopic (exact) mass is 449 g/mol. The molecule has 0 aromatic heterocycles. The highest BCUT2D eigenvalue weighted by Gasteiger charge is 2.58. The lowest BCUT2D eigenvalue weighted by Crippen LogP contribution is -2.58. The Labute approximate surface area is 189 Å². The summed E-state index contributed by atoms with van der Waals surface area (Å²) < 4.78 is 16.8. The van der Waals surface area contributed by atoms with Gasteiger partial charge in [-0.15, -0.1) is 0 Å². The van der Waals surface area contributed by atoms with Gasteiger partial charge < -0.3 is 19.1 Å². The van der Waals surface area contributed by atoms with E-state index in [4.69, 9.17) is 14.2 Å². The van der Waals surface area contributed by atoms with Gasteiger partial charge in [-0.25, -0.2) is 9.59 Å². The Morgan fingerprint density at radius 2 is 1.69 bits per heavy atom. The molecule has 9 nitrogen and oxygen atoms in total. The van der Waals surface area contributed by atoms with E-state index in [-0.39, 0.29) is 30.6 Å². The molecule has 9 heteroatoms. The van der Waals surface area contributed by atoms with Crippen molar-refractivity contribution < 1.29 is 28.6 Å². The first-order valence-corrected chi connectivity index (χ1v) is 11.4. The number of carbonyl (C=O) groups is 3. The summed E-state index contributed by atoms with van der Waals surface area (Å²) in [4.78, 5) is 41.7. The van der Waals surface area contributed by atoms with Gasteiger partial charge in [-0.1, -0.05) is 0 Å². The number of fused-ring (bicyclic) bond motifs is 2. The number of piperidine rings is 1. The Morgan fingerprint density at radius 1 is 1.03 bits per heavy atom. The van der Waals surface area contributed by atoms with Crippen molar-refractivity contribution in [3.8, 4) is 6.07 Å². The van der Waals surface area contributed by atoms with E-state index < -0.39 is 35.3 Å². The molecule has 0 spiro atoms. The van der Waals surface area contributed by atoms with Gasteiger partial charge in [0.15, 0.2) is 0 Å². The van der Waals surface area contributed by atoms with E-state index in [9.17, 15) is 19.6 Å². The quantitative estimate of drug-likeness (QED) is 0.607. The number of hydrogen-bond donors (Lipinski definition) is 0. The summed E-state index contributed by atoms with van der Waals surface area (Å²) in [7, 11) is 0. The molecule has 32 heavy (non-hydrogen) atoms. The maximum Gasteiger partial charge on any atom is 0.411 e. The second-order valence-electron chi connectivity index (χ2n) is 10.9. The number of ether oxygens (including phenoxy) is 3. The van der Waals surface area contributed by atoms with Crippen LogP contribution in [-0.4, -0.2) is 76.4 Å². The topological polar surface area (TPSA) is 109 Å². The van der Waals surface area contributed by atoms with E-state index in [0.29, 0.717) is 25.8 Å². The SMILES string of the molecule is CC(C)(C)OC(=O)CO[C@@H]1C[C@@H]2C[C@H]1N(C(=O)OC(C)(C)C)[C@@H]2C(=O)N1CCC[C@H]1C#N. The highest BCUT2D eigenvalue weighted by Crippen LogP contribution is 2.45. The molecule has 3 fully saturated rings. The fourth-order valence-electron chi connectivity index (χ4n) is 4.94. The maximum absolute atomic E-state index is 13.4. The van der Waals surface area contributed by atoms with Crippen LogP contribution in [0.5, 0.6) is 0 Å². The molecule has 3 aliphatic rings. The Balaban J connectivity index is 1.75. The van der Waals surface area contributed by atoms with E-state index in [2.05, 4.69) is 6.07 Å². The summed E-state index contributed by atoms with van der Waals surface area (Å²) in [6.45, 7) is 11.0. The van der Waals surface area contributed by atoms with Gasteiger partial charge in [0.25, 0.3) is 0 Å². The summed E-state index contributed by atoms with van der Waals surface area (Å²) in [6, 6.07) is 0.700. The first kappa shape index (κ1) is 24.3. The van der Waals surface area contributed by atoms with E-state index in [1.54, 1.807) is 46.4 Å². The molecule has 2 aliphatic heterocycles. The molecule has 2 saturated heterocycles. The molecule has 0 unspecified atom stereocenters. The van der Waals surface area contributed by atoms with Crippen LogP contribution in [-0.2, 0) is 23.8 Å². The van der Waals surface area contributed by atoms with E-state index >= 15 is 0 Å². The van der Waals surface area contributed by atoms with Crippen LogP contribution in [0.4, 0.5) is 4.79 Å². The molecular weight excluding hydrogens is 414 g/mol. The molecule has 178 valence electrons. The lowest BCUT2D eigenvalue weighted by molar-refractivity contribution is -0.164. The highest BCUT2D eigenvalue weighted by atomic mass is 16.6. The maximum atomic E-state index is 13.4. The zero-order chi connectivity index (χ0) is 23.8. The first-order valence-electron chi connectivity index (χ1n) is 11.4. The number of rotatable bonds is 4. The van der Waals surface area contributed by atoms with Crippen LogP contribution in [0.25, 0.3) is 0 Å². The summed E-state index contributed by atoms with van der Waals surface area (Å²) in [5, 5.41) is 9.42. The van der Waals surface area contributed by atoms with Crippen LogP contribution in [0.2, 0.25) is 0 Å². The second-order valence-corrected chi connectivity index (χ2v) is 10.9. The molecule has 0 aromatic carbocycles. The standard InChI is InChI=1S/C23H35N3O6/c1-22(2,3)31-18(27)13-30-17-11-14-10-16(17)26(21(29)32-23(4,5)6)19(14)20(28)25-9-7-8-15(25)12-24/h14-17,19H,7-11,13H2,1-6H3/t14-,15-,16+,17+,19-/m0/s1. The second kappa shape index (κ2) is 8.89. The third-order valence-electron chi connectivity index (χ3n) is 5.99. The minimum absolute atomic E-state index is 0.108. The predicted octanol–water partition coefficient (Wildman–Crippen LogP) is 2.63. The highest BCUT2D eigenvalue weighted by molar-refractivity contribution is 5.88. The first-order chi connectivity index (χ1) is 14.8. The fraction of sp³-hybridized carbons (Fsp3) is 0.826. The van der Waals surface area contributed by atoms with Gasteiger partial charge in [-0.2, -0.15) is 5.26 Å². The van der Waals surface area contributed by atoms with Gasteiger partial charge >= 0.3 is 12.1 Å². The zero-order valence-electron chi connectivity index (χ0n) is 19.9. The minimum Gasteiger partial charge on any atom is -0.458 e. The van der Waals surface area contributed by atoms with E-state index in [1.807, 2.05) is 0 Å². The van der Waals surface area contributed by atoms with Crippen molar-refractivity contribution in [1.29, 1.82) is 5.26 Å². The molecule has 2 heterocycles. The van der Waals surface area contributed by atoms with Crippen molar-refractivity contribution in [2.45, 2.75) is 103 Å². The Kier molecular flexibility index (Phi) is 6.75. The lowest BCUT2D eigenvalue weighted by Gasteiger charge is -2.40. The fourth-order valence-corrected chi connectivity index (χ4v) is 4.94. The van der Waals surface area contributed by atoms with Crippen molar-refractivity contribution >= 4 is 18.0 Å². The largest absolute Gasteiger partial charge is 0.458 e. The van der Waals surface area contributed by atoms with E-state index in [0.717, 1.165) is 6.42 Å². The van der Waals surface area contributed by atoms with Gasteiger partial charge in [0.1, 0.15) is 29.9 Å². The number of hydrogen-bond acceptors (Lipinski definition) is 7. The van der Waals surface area contributed by atoms with Crippen molar-refractivity contribution in [3.63, 3.8) is 0 Å². The number of amides is 2. The smallest absolute Gasteiger partial charge is 0.411 e. The number of esters is 1. The molecule has 3 rings (SSSR count). The van der Waals surface area contributed by atoms with Gasteiger partial charge in [0.2, 0.25) is 5.91 Å². The predicted molar refractivity (Wildman–Crippen MR) is 114 cm³/mol. The summed E-state index contributed by atoms with van der Waals surface area (Å²) in [6.07, 6.45) is 1.64. The number of nitriles is 1. The molecular formula is C23H35N3O6. The Morgan fingerprint density at radius 3 is 2.28 bits per heavy atom. The molecule has 1 aliphatic carbocycles. The zero-order valence-corrected chi connectivity index (χ0v) is 19.9. The van der Waals surface area contributed by atoms with Gasteiger partial charge in [-0.05, 0) is 73.1 Å². The van der Waals surface area contributed by atoms with Gasteiger partial charge in [0.05, 0.1) is 18.2 Å². The summed E-state index contributed by atoms with van der Waals surface area (Å²) in [5.41, 5.74) is -1.33. The van der Waals surface area contributed by atoms with E-state index in [1.165, 1.54) is 4.90 Å². The number of carbonyl (C=O) groups excluding carboxylic acids is 3. The van der Waals surface area contributed by atoms with Crippen molar-refractivity contribution in [2.75, 3.05) is 13.2 Å². The molecule has 1 saturated carbocycles. The molecule has 0 N–H and O–H groups in total. The molecule has 0 radical (unpaired) electrons. The van der Waals surface area contributed by atoms with Crippen LogP contribution in [0.1, 0.15) is 67.2 Å². The molecule has 0 aromatic rings. The number of likely N-dealkylation sites (tertiary alicyclic amines) is 2. The minimum atomic E-state index is -0.720. The van der Waals surface area contributed by atoms with Crippen LogP contribution < -0.4 is 0 Å². The summed E-state index contributed by atoms with van der Waals surface area (Å²) in [5.74, 6) is -0.771. The van der Waals surface area contributed by atoms with Crippen LogP contribution in [0.15, 0.2) is 0 Å². The Bertz CT molecular complexity index is 793.